The highest BCUT2D eigenvalue weighted by molar-refractivity contribution is 8.00. The Kier molecular flexibility index (Phi) is 7.40. The number of aromatic amines is 1. The monoisotopic (exact) mass is 438 g/mol. The van der Waals surface area contributed by atoms with Crippen LogP contribution in [0.25, 0.3) is 0 Å². The Morgan fingerprint density at radius 2 is 1.48 bits per heavy atom. The fourth-order valence-electron chi connectivity index (χ4n) is 3.73. The van der Waals surface area contributed by atoms with Crippen LogP contribution in [-0.2, 0) is 22.7 Å². The van der Waals surface area contributed by atoms with Gasteiger partial charge in [0.2, 0.25) is 0 Å². The van der Waals surface area contributed by atoms with Crippen LogP contribution < -0.4 is 11.2 Å². The standard InChI is InChI=1S/C24H26N2O4S/c27-22-11-12-26(24(28)25-22)23-13-20(16-29-14-18-7-3-1-4-8-18)21(31-23)17-30-15-19-9-5-2-6-10-19/h1-12,20-21,23H,13-17H2,(H,25,27,28)/t20-,21-,23-/m1/s1. The molecule has 7 heteroatoms. The van der Waals surface area contributed by atoms with Crippen LogP contribution in [-0.4, -0.2) is 28.0 Å². The zero-order valence-corrected chi connectivity index (χ0v) is 18.0. The lowest BCUT2D eigenvalue weighted by atomic mass is 10.0. The summed E-state index contributed by atoms with van der Waals surface area (Å²) in [6, 6.07) is 21.6. The highest BCUT2D eigenvalue weighted by Crippen LogP contribution is 2.45. The third-order valence-electron chi connectivity index (χ3n) is 5.36. The van der Waals surface area contributed by atoms with Gasteiger partial charge in [-0.25, -0.2) is 4.79 Å². The number of rotatable bonds is 9. The van der Waals surface area contributed by atoms with Gasteiger partial charge in [0.05, 0.1) is 31.8 Å². The van der Waals surface area contributed by atoms with Gasteiger partial charge in [0, 0.05) is 17.5 Å². The molecule has 2 aromatic carbocycles. The molecule has 0 bridgehead atoms. The summed E-state index contributed by atoms with van der Waals surface area (Å²) >= 11 is 1.71. The summed E-state index contributed by atoms with van der Waals surface area (Å²) in [6.07, 6.45) is 2.36. The molecule has 1 N–H and O–H groups in total. The Hall–Kier alpha value is -2.61. The maximum absolute atomic E-state index is 12.3. The molecule has 0 spiro atoms. The van der Waals surface area contributed by atoms with Gasteiger partial charge in [-0.05, 0) is 23.5 Å². The van der Waals surface area contributed by atoms with Gasteiger partial charge in [-0.1, -0.05) is 60.7 Å². The average Bonchev–Trinajstić information content (AvgIpc) is 3.18. The number of H-pyrrole nitrogens is 1. The lowest BCUT2D eigenvalue weighted by Crippen LogP contribution is -2.30. The van der Waals surface area contributed by atoms with Crippen LogP contribution in [0.3, 0.4) is 0 Å². The summed E-state index contributed by atoms with van der Waals surface area (Å²) in [5.74, 6) is 0.244. The van der Waals surface area contributed by atoms with E-state index in [1.54, 1.807) is 22.5 Å². The third kappa shape index (κ3) is 5.97. The molecule has 162 valence electrons. The first-order valence-electron chi connectivity index (χ1n) is 10.4. The molecule has 1 aliphatic heterocycles. The molecular weight excluding hydrogens is 412 g/mol. The zero-order valence-electron chi connectivity index (χ0n) is 17.2. The first-order chi connectivity index (χ1) is 15.2. The second-order valence-corrected chi connectivity index (χ2v) is 9.07. The molecule has 0 saturated carbocycles. The van der Waals surface area contributed by atoms with Crippen molar-refractivity contribution in [3.8, 4) is 0 Å². The van der Waals surface area contributed by atoms with Gasteiger partial charge in [-0.15, -0.1) is 11.8 Å². The molecule has 6 nitrogen and oxygen atoms in total. The van der Waals surface area contributed by atoms with Crippen LogP contribution in [0, 0.1) is 5.92 Å². The van der Waals surface area contributed by atoms with Gasteiger partial charge in [0.15, 0.2) is 0 Å². The van der Waals surface area contributed by atoms with Crippen molar-refractivity contribution in [3.63, 3.8) is 0 Å². The second-order valence-electron chi connectivity index (χ2n) is 7.64. The van der Waals surface area contributed by atoms with Crippen molar-refractivity contribution >= 4 is 11.8 Å². The molecule has 1 fully saturated rings. The summed E-state index contributed by atoms with van der Waals surface area (Å²) in [5, 5.41) is 0.142. The molecule has 3 atom stereocenters. The molecule has 1 saturated heterocycles. The second kappa shape index (κ2) is 10.6. The lowest BCUT2D eigenvalue weighted by molar-refractivity contribution is 0.0622. The van der Waals surface area contributed by atoms with Gasteiger partial charge in [0.25, 0.3) is 5.56 Å². The van der Waals surface area contributed by atoms with Crippen molar-refractivity contribution in [1.29, 1.82) is 0 Å². The summed E-state index contributed by atoms with van der Waals surface area (Å²) in [4.78, 5) is 26.0. The van der Waals surface area contributed by atoms with E-state index in [2.05, 4.69) is 4.98 Å². The van der Waals surface area contributed by atoms with Crippen LogP contribution in [0.5, 0.6) is 0 Å². The Morgan fingerprint density at radius 1 is 0.871 bits per heavy atom. The first kappa shape index (κ1) is 21.6. The highest BCUT2D eigenvalue weighted by Gasteiger charge is 2.36. The topological polar surface area (TPSA) is 73.3 Å². The van der Waals surface area contributed by atoms with E-state index in [4.69, 9.17) is 9.47 Å². The van der Waals surface area contributed by atoms with E-state index in [1.165, 1.54) is 6.07 Å². The maximum atomic E-state index is 12.3. The van der Waals surface area contributed by atoms with E-state index in [1.807, 2.05) is 60.7 Å². The van der Waals surface area contributed by atoms with Crippen molar-refractivity contribution in [2.24, 2.45) is 5.92 Å². The van der Waals surface area contributed by atoms with E-state index in [0.29, 0.717) is 26.4 Å². The minimum atomic E-state index is -0.380. The number of aromatic nitrogens is 2. The molecule has 31 heavy (non-hydrogen) atoms. The molecule has 3 aromatic rings. The van der Waals surface area contributed by atoms with Gasteiger partial charge in [0.1, 0.15) is 0 Å². The summed E-state index contributed by atoms with van der Waals surface area (Å²) < 4.78 is 13.6. The first-order valence-corrected chi connectivity index (χ1v) is 11.3. The van der Waals surface area contributed by atoms with E-state index >= 15 is 0 Å². The quantitative estimate of drug-likeness (QED) is 0.553. The van der Waals surface area contributed by atoms with Gasteiger partial charge >= 0.3 is 5.69 Å². The molecule has 0 aliphatic carbocycles. The normalized spacial score (nSPS) is 20.7. The van der Waals surface area contributed by atoms with Crippen LogP contribution >= 0.6 is 11.8 Å². The fraction of sp³-hybridized carbons (Fsp3) is 0.333. The van der Waals surface area contributed by atoms with Crippen molar-refractivity contribution in [2.45, 2.75) is 30.3 Å². The molecule has 0 amide bonds. The van der Waals surface area contributed by atoms with Crippen LogP contribution in [0.15, 0.2) is 82.5 Å². The predicted octanol–water partition coefficient (Wildman–Crippen LogP) is 3.59. The Balaban J connectivity index is 1.39. The van der Waals surface area contributed by atoms with Crippen LogP contribution in [0.1, 0.15) is 22.9 Å². The highest BCUT2D eigenvalue weighted by atomic mass is 32.2. The van der Waals surface area contributed by atoms with Crippen molar-refractivity contribution in [1.82, 2.24) is 9.55 Å². The third-order valence-corrected chi connectivity index (χ3v) is 6.96. The number of ether oxygens (including phenoxy) is 2. The van der Waals surface area contributed by atoms with Gasteiger partial charge in [-0.3, -0.25) is 14.3 Å². The van der Waals surface area contributed by atoms with E-state index in [0.717, 1.165) is 17.5 Å². The predicted molar refractivity (Wildman–Crippen MR) is 122 cm³/mol. The number of hydrogen-bond donors (Lipinski definition) is 1. The van der Waals surface area contributed by atoms with Crippen molar-refractivity contribution in [3.05, 3.63) is 105 Å². The molecular formula is C24H26N2O4S. The average molecular weight is 439 g/mol. The molecule has 0 unspecified atom stereocenters. The minimum absolute atomic E-state index is 0.0556. The summed E-state index contributed by atoms with van der Waals surface area (Å²) in [7, 11) is 0. The van der Waals surface area contributed by atoms with Crippen LogP contribution in [0.2, 0.25) is 0 Å². The SMILES string of the molecule is O=c1ccn([C@H]2C[C@H](COCc3ccccc3)[C@@H](COCc3ccccc3)S2)c(=O)[nH]1. The molecule has 1 aliphatic rings. The minimum Gasteiger partial charge on any atom is -0.376 e. The van der Waals surface area contributed by atoms with Crippen molar-refractivity contribution < 1.29 is 9.47 Å². The Labute approximate surface area is 185 Å². The maximum Gasteiger partial charge on any atom is 0.329 e. The molecule has 0 radical (unpaired) electrons. The van der Waals surface area contributed by atoms with E-state index in [-0.39, 0.29) is 27.8 Å². The number of thioether (sulfide) groups is 1. The lowest BCUT2D eigenvalue weighted by Gasteiger charge is -2.18. The Bertz CT molecular complexity index is 1010. The van der Waals surface area contributed by atoms with E-state index < -0.39 is 0 Å². The van der Waals surface area contributed by atoms with Gasteiger partial charge in [-0.2, -0.15) is 0 Å². The van der Waals surface area contributed by atoms with Crippen molar-refractivity contribution in [2.75, 3.05) is 13.2 Å². The number of benzene rings is 2. The van der Waals surface area contributed by atoms with Gasteiger partial charge < -0.3 is 9.47 Å². The largest absolute Gasteiger partial charge is 0.376 e. The summed E-state index contributed by atoms with van der Waals surface area (Å²) in [5.41, 5.74) is 1.52. The number of nitrogens with one attached hydrogen (secondary N) is 1. The molecule has 1 aromatic heterocycles. The van der Waals surface area contributed by atoms with E-state index in [9.17, 15) is 9.59 Å². The number of hydrogen-bond acceptors (Lipinski definition) is 5. The fourth-order valence-corrected chi connectivity index (χ4v) is 5.38. The molecule has 4 rings (SSSR count). The zero-order chi connectivity index (χ0) is 21.5. The smallest absolute Gasteiger partial charge is 0.329 e. The van der Waals surface area contributed by atoms with Crippen LogP contribution in [0.4, 0.5) is 0 Å². The summed E-state index contributed by atoms with van der Waals surface area (Å²) in [6.45, 7) is 2.28. The molecule has 2 heterocycles. The number of nitrogens with zero attached hydrogens (tertiary/aromatic N) is 1. The Morgan fingerprint density at radius 3 is 2.10 bits per heavy atom.